The molecule has 2 N–H and O–H groups in total. The second-order valence-electron chi connectivity index (χ2n) is 2.77. The quantitative estimate of drug-likeness (QED) is 0.681. The van der Waals surface area contributed by atoms with E-state index in [0.29, 0.717) is 17.6 Å². The van der Waals surface area contributed by atoms with Crippen molar-refractivity contribution in [2.24, 2.45) is 5.73 Å². The van der Waals surface area contributed by atoms with Gasteiger partial charge in [0.05, 0.1) is 6.61 Å². The molecule has 1 aromatic rings. The first kappa shape index (κ1) is 10.6. The molecule has 1 aliphatic heterocycles. The highest BCUT2D eigenvalue weighted by Gasteiger charge is 2.18. The molecule has 1 aliphatic rings. The minimum Gasteiger partial charge on any atom is -0.477 e. The molecule has 2 rings (SSSR count). The van der Waals surface area contributed by atoms with Crippen molar-refractivity contribution in [2.75, 3.05) is 6.61 Å². The minimum atomic E-state index is 0. The molecule has 0 spiro atoms. The Hall–Kier alpha value is -0.510. The summed E-state index contributed by atoms with van der Waals surface area (Å²) >= 11 is 5.69. The highest BCUT2D eigenvalue weighted by atomic mass is 35.5. The van der Waals surface area contributed by atoms with Gasteiger partial charge in [-0.3, -0.25) is 0 Å². The van der Waals surface area contributed by atoms with Crippen LogP contribution in [0.25, 0.3) is 0 Å². The van der Waals surface area contributed by atoms with Crippen LogP contribution in [0.3, 0.4) is 0 Å². The zero-order valence-electron chi connectivity index (χ0n) is 6.87. The average molecular weight is 221 g/mol. The molecule has 1 aromatic heterocycles. The van der Waals surface area contributed by atoms with Gasteiger partial charge in [-0.2, -0.15) is 0 Å². The van der Waals surface area contributed by atoms with Crippen LogP contribution < -0.4 is 10.5 Å². The Labute approximate surface area is 87.6 Å². The second-order valence-corrected chi connectivity index (χ2v) is 3.16. The van der Waals surface area contributed by atoms with Crippen molar-refractivity contribution < 1.29 is 4.74 Å². The molecule has 1 unspecified atom stereocenters. The molecule has 0 saturated heterocycles. The Bertz CT molecular complexity index is 306. The van der Waals surface area contributed by atoms with Crippen LogP contribution in [0.15, 0.2) is 12.1 Å². The third kappa shape index (κ3) is 2.05. The predicted molar refractivity (Wildman–Crippen MR) is 53.5 cm³/mol. The van der Waals surface area contributed by atoms with Gasteiger partial charge in [-0.05, 0) is 12.1 Å². The standard InChI is InChI=1S/C8H9ClN2O.ClH/c9-7-2-1-5-6(10)3-4-12-8(5)11-7;/h1-2,6H,3-4,10H2;1H. The third-order valence-corrected chi connectivity index (χ3v) is 2.13. The van der Waals surface area contributed by atoms with Crippen molar-refractivity contribution in [3.05, 3.63) is 22.8 Å². The first-order chi connectivity index (χ1) is 5.77. The molecule has 0 saturated carbocycles. The van der Waals surface area contributed by atoms with E-state index in [-0.39, 0.29) is 18.4 Å². The lowest BCUT2D eigenvalue weighted by Crippen LogP contribution is -2.21. The van der Waals surface area contributed by atoms with Crippen LogP contribution in [0.5, 0.6) is 5.88 Å². The van der Waals surface area contributed by atoms with Crippen LogP contribution in [0, 0.1) is 0 Å². The van der Waals surface area contributed by atoms with Crippen molar-refractivity contribution >= 4 is 24.0 Å². The highest BCUT2D eigenvalue weighted by Crippen LogP contribution is 2.29. The van der Waals surface area contributed by atoms with Gasteiger partial charge in [-0.25, -0.2) is 4.98 Å². The number of nitrogens with zero attached hydrogens (tertiary/aromatic N) is 1. The van der Waals surface area contributed by atoms with Crippen LogP contribution in [0.4, 0.5) is 0 Å². The molecule has 0 aromatic carbocycles. The molecular formula is C8H10Cl2N2O. The number of hydrogen-bond donors (Lipinski definition) is 1. The van der Waals surface area contributed by atoms with E-state index in [1.165, 1.54) is 0 Å². The molecule has 0 radical (unpaired) electrons. The Morgan fingerprint density at radius 3 is 3.08 bits per heavy atom. The number of nitrogens with two attached hydrogens (primary N) is 1. The van der Waals surface area contributed by atoms with Crippen molar-refractivity contribution in [3.8, 4) is 5.88 Å². The number of hydrogen-bond acceptors (Lipinski definition) is 3. The molecule has 1 atom stereocenters. The van der Waals surface area contributed by atoms with Gasteiger partial charge in [0, 0.05) is 18.0 Å². The molecule has 0 bridgehead atoms. The van der Waals surface area contributed by atoms with E-state index in [1.54, 1.807) is 6.07 Å². The number of fused-ring (bicyclic) bond motifs is 1. The average Bonchev–Trinajstić information content (AvgIpc) is 2.04. The molecular weight excluding hydrogens is 211 g/mol. The lowest BCUT2D eigenvalue weighted by molar-refractivity contribution is 0.258. The summed E-state index contributed by atoms with van der Waals surface area (Å²) in [6.07, 6.45) is 0.844. The van der Waals surface area contributed by atoms with E-state index in [2.05, 4.69) is 4.98 Å². The van der Waals surface area contributed by atoms with Crippen LogP contribution in [0.2, 0.25) is 5.15 Å². The zero-order chi connectivity index (χ0) is 8.55. The highest BCUT2D eigenvalue weighted by molar-refractivity contribution is 6.29. The van der Waals surface area contributed by atoms with Gasteiger partial charge < -0.3 is 10.5 Å². The summed E-state index contributed by atoms with van der Waals surface area (Å²) in [6, 6.07) is 3.64. The number of aromatic nitrogens is 1. The summed E-state index contributed by atoms with van der Waals surface area (Å²) in [7, 11) is 0. The molecule has 0 amide bonds. The largest absolute Gasteiger partial charge is 0.477 e. The van der Waals surface area contributed by atoms with Crippen LogP contribution in [-0.4, -0.2) is 11.6 Å². The molecule has 0 aliphatic carbocycles. The Balaban J connectivity index is 0.000000845. The normalized spacial score (nSPS) is 19.7. The summed E-state index contributed by atoms with van der Waals surface area (Å²) in [4.78, 5) is 4.03. The SMILES string of the molecule is Cl.NC1CCOc2nc(Cl)ccc21. The van der Waals surface area contributed by atoms with E-state index in [4.69, 9.17) is 22.1 Å². The molecule has 2 heterocycles. The van der Waals surface area contributed by atoms with Crippen LogP contribution >= 0.6 is 24.0 Å². The Kier molecular flexibility index (Phi) is 3.36. The van der Waals surface area contributed by atoms with E-state index in [0.717, 1.165) is 12.0 Å². The maximum absolute atomic E-state index is 5.83. The van der Waals surface area contributed by atoms with Crippen molar-refractivity contribution in [1.29, 1.82) is 0 Å². The predicted octanol–water partition coefficient (Wildman–Crippen LogP) is 1.94. The number of pyridine rings is 1. The summed E-state index contributed by atoms with van der Waals surface area (Å²) in [5, 5.41) is 0.447. The monoisotopic (exact) mass is 220 g/mol. The molecule has 0 fully saturated rings. The zero-order valence-corrected chi connectivity index (χ0v) is 8.44. The first-order valence-electron chi connectivity index (χ1n) is 3.82. The van der Waals surface area contributed by atoms with E-state index >= 15 is 0 Å². The van der Waals surface area contributed by atoms with Crippen molar-refractivity contribution in [3.63, 3.8) is 0 Å². The number of ether oxygens (including phenoxy) is 1. The summed E-state index contributed by atoms with van der Waals surface area (Å²) < 4.78 is 5.30. The Morgan fingerprint density at radius 2 is 2.31 bits per heavy atom. The Morgan fingerprint density at radius 1 is 1.54 bits per heavy atom. The van der Waals surface area contributed by atoms with Gasteiger partial charge in [0.2, 0.25) is 5.88 Å². The minimum absolute atomic E-state index is 0. The maximum Gasteiger partial charge on any atom is 0.219 e. The van der Waals surface area contributed by atoms with E-state index in [1.807, 2.05) is 6.07 Å². The van der Waals surface area contributed by atoms with Gasteiger partial charge in [0.1, 0.15) is 5.15 Å². The lowest BCUT2D eigenvalue weighted by atomic mass is 10.1. The van der Waals surface area contributed by atoms with Crippen molar-refractivity contribution in [2.45, 2.75) is 12.5 Å². The molecule has 72 valence electrons. The fourth-order valence-corrected chi connectivity index (χ4v) is 1.40. The number of rotatable bonds is 0. The molecule has 3 nitrogen and oxygen atoms in total. The summed E-state index contributed by atoms with van der Waals surface area (Å²) in [5.41, 5.74) is 6.78. The lowest BCUT2D eigenvalue weighted by Gasteiger charge is -2.21. The molecule has 5 heteroatoms. The van der Waals surface area contributed by atoms with Crippen LogP contribution in [0.1, 0.15) is 18.0 Å². The topological polar surface area (TPSA) is 48.1 Å². The van der Waals surface area contributed by atoms with Gasteiger partial charge >= 0.3 is 0 Å². The second kappa shape index (κ2) is 4.13. The van der Waals surface area contributed by atoms with Crippen LogP contribution in [-0.2, 0) is 0 Å². The summed E-state index contributed by atoms with van der Waals surface area (Å²) in [6.45, 7) is 0.626. The summed E-state index contributed by atoms with van der Waals surface area (Å²) in [5.74, 6) is 0.584. The third-order valence-electron chi connectivity index (χ3n) is 1.92. The fourth-order valence-electron chi connectivity index (χ4n) is 1.26. The van der Waals surface area contributed by atoms with Crippen molar-refractivity contribution in [1.82, 2.24) is 4.98 Å². The fraction of sp³-hybridized carbons (Fsp3) is 0.375. The van der Waals surface area contributed by atoms with Gasteiger partial charge in [0.15, 0.2) is 0 Å². The smallest absolute Gasteiger partial charge is 0.219 e. The number of halogens is 2. The van der Waals surface area contributed by atoms with E-state index in [9.17, 15) is 0 Å². The van der Waals surface area contributed by atoms with Gasteiger partial charge in [0.25, 0.3) is 0 Å². The van der Waals surface area contributed by atoms with Gasteiger partial charge in [-0.15, -0.1) is 12.4 Å². The van der Waals surface area contributed by atoms with Gasteiger partial charge in [-0.1, -0.05) is 11.6 Å². The van der Waals surface area contributed by atoms with E-state index < -0.39 is 0 Å². The maximum atomic E-state index is 5.83. The molecule has 13 heavy (non-hydrogen) atoms. The first-order valence-corrected chi connectivity index (χ1v) is 4.20.